The fourth-order valence-corrected chi connectivity index (χ4v) is 1.70. The number of hydrogen-bond acceptors (Lipinski definition) is 0. The van der Waals surface area contributed by atoms with E-state index in [9.17, 15) is 0 Å². The van der Waals surface area contributed by atoms with Gasteiger partial charge in [-0.3, -0.25) is 0 Å². The molecule has 0 heterocycles. The number of aryl methyl sites for hydroxylation is 2. The van der Waals surface area contributed by atoms with Gasteiger partial charge < -0.3 is 0 Å². The Balaban J connectivity index is 0. The third kappa shape index (κ3) is 3.66. The summed E-state index contributed by atoms with van der Waals surface area (Å²) < 4.78 is 0. The Morgan fingerprint density at radius 2 is 1.80 bits per heavy atom. The summed E-state index contributed by atoms with van der Waals surface area (Å²) in [5.41, 5.74) is 2.81. The Morgan fingerprint density at radius 1 is 1.13 bits per heavy atom. The fraction of sp³-hybridized carbons (Fsp3) is 0.250. The van der Waals surface area contributed by atoms with E-state index in [2.05, 4.69) is 44.2 Å². The molecule has 0 atom stereocenters. The van der Waals surface area contributed by atoms with Crippen LogP contribution in [-0.4, -0.2) is 0 Å². The van der Waals surface area contributed by atoms with Crippen LogP contribution in [0, 0.1) is 6.92 Å². The van der Waals surface area contributed by atoms with E-state index >= 15 is 0 Å². The number of rotatable bonds is 1. The summed E-state index contributed by atoms with van der Waals surface area (Å²) in [4.78, 5) is 0. The van der Waals surface area contributed by atoms with Gasteiger partial charge in [-0.1, -0.05) is 18.9 Å². The summed E-state index contributed by atoms with van der Waals surface area (Å²) in [7, 11) is 0. The molecule has 0 aliphatic rings. The molecule has 0 spiro atoms. The van der Waals surface area contributed by atoms with Crippen LogP contribution in [0.3, 0.4) is 0 Å². The van der Waals surface area contributed by atoms with E-state index in [-0.39, 0.29) is 51.0 Å². The maximum Gasteiger partial charge on any atom is 0 e. The van der Waals surface area contributed by atoms with Crippen LogP contribution in [0.2, 0.25) is 0 Å². The monoisotopic (exact) mass is 319 g/mol. The van der Waals surface area contributed by atoms with Gasteiger partial charge in [-0.05, 0) is 6.92 Å². The summed E-state index contributed by atoms with van der Waals surface area (Å²) in [5, 5.41) is 2.80. The standard InChI is InChI=1S/C12H13.2ClH.Zr/c1-3-10-5-6-11-8-9(2)4-7-12(10)11;;;/h4-8H,3H2,1-2H3;2*1H;/q-1;;;. The second-order valence-corrected chi connectivity index (χ2v) is 3.30. The first-order chi connectivity index (χ1) is 5.81. The van der Waals surface area contributed by atoms with Gasteiger partial charge in [0.2, 0.25) is 0 Å². The quantitative estimate of drug-likeness (QED) is 0.688. The maximum absolute atomic E-state index is 2.24. The average Bonchev–Trinajstić information content (AvgIpc) is 2.46. The van der Waals surface area contributed by atoms with Crippen molar-refractivity contribution < 1.29 is 26.2 Å². The molecular formula is C12H15Cl2Zr-. The van der Waals surface area contributed by atoms with Crippen molar-refractivity contribution >= 4 is 35.6 Å². The Kier molecular flexibility index (Phi) is 8.90. The number of fused-ring (bicyclic) bond motifs is 1. The average molecular weight is 321 g/mol. The largest absolute Gasteiger partial charge is 0.168 e. The molecule has 2 aromatic carbocycles. The van der Waals surface area contributed by atoms with E-state index in [1.807, 2.05) is 0 Å². The molecule has 82 valence electrons. The zero-order valence-corrected chi connectivity index (χ0v) is 13.0. The first-order valence-corrected chi connectivity index (χ1v) is 4.46. The molecule has 0 aromatic heterocycles. The molecule has 0 nitrogen and oxygen atoms in total. The molecule has 2 aromatic rings. The predicted octanol–water partition coefficient (Wildman–Crippen LogP) is 4.27. The fourth-order valence-electron chi connectivity index (χ4n) is 1.70. The van der Waals surface area contributed by atoms with Crippen LogP contribution in [0.1, 0.15) is 18.1 Å². The Labute approximate surface area is 123 Å². The first-order valence-electron chi connectivity index (χ1n) is 4.46. The molecule has 15 heavy (non-hydrogen) atoms. The van der Waals surface area contributed by atoms with Crippen molar-refractivity contribution in [1.29, 1.82) is 0 Å². The molecule has 0 fully saturated rings. The number of halogens is 2. The van der Waals surface area contributed by atoms with Crippen LogP contribution >= 0.6 is 24.8 Å². The Bertz CT molecular complexity index is 407. The van der Waals surface area contributed by atoms with Crippen molar-refractivity contribution in [2.24, 2.45) is 0 Å². The third-order valence-electron chi connectivity index (χ3n) is 2.40. The Hall–Kier alpha value is 0.293. The molecule has 0 aliphatic heterocycles. The van der Waals surface area contributed by atoms with E-state index in [4.69, 9.17) is 0 Å². The smallest absolute Gasteiger partial charge is 0 e. The van der Waals surface area contributed by atoms with Gasteiger partial charge in [0.15, 0.2) is 0 Å². The van der Waals surface area contributed by atoms with E-state index in [0.717, 1.165) is 6.42 Å². The van der Waals surface area contributed by atoms with Crippen molar-refractivity contribution in [2.75, 3.05) is 0 Å². The zero-order valence-electron chi connectivity index (χ0n) is 8.91. The van der Waals surface area contributed by atoms with Gasteiger partial charge >= 0.3 is 0 Å². The summed E-state index contributed by atoms with van der Waals surface area (Å²) in [6.07, 6.45) is 1.13. The van der Waals surface area contributed by atoms with Crippen molar-refractivity contribution in [3.63, 3.8) is 0 Å². The number of hydrogen-bond donors (Lipinski definition) is 0. The SMILES string of the molecule is CC[c-]1ccc2cc(C)ccc21.Cl.Cl.[Zr]. The van der Waals surface area contributed by atoms with E-state index in [1.165, 1.54) is 21.9 Å². The van der Waals surface area contributed by atoms with E-state index < -0.39 is 0 Å². The minimum absolute atomic E-state index is 0. The van der Waals surface area contributed by atoms with Crippen LogP contribution in [0.4, 0.5) is 0 Å². The van der Waals surface area contributed by atoms with Crippen LogP contribution in [0.15, 0.2) is 30.3 Å². The molecule has 0 amide bonds. The molecule has 0 saturated carbocycles. The summed E-state index contributed by atoms with van der Waals surface area (Å²) in [6, 6.07) is 11.1. The van der Waals surface area contributed by atoms with Crippen molar-refractivity contribution in [3.05, 3.63) is 41.5 Å². The second-order valence-electron chi connectivity index (χ2n) is 3.30. The summed E-state index contributed by atoms with van der Waals surface area (Å²) >= 11 is 0. The second kappa shape index (κ2) is 7.55. The normalized spacial score (nSPS) is 8.67. The minimum Gasteiger partial charge on any atom is -0.168 e. The Morgan fingerprint density at radius 3 is 2.40 bits per heavy atom. The van der Waals surface area contributed by atoms with E-state index in [1.54, 1.807) is 0 Å². The van der Waals surface area contributed by atoms with Gasteiger partial charge in [0.05, 0.1) is 0 Å². The predicted molar refractivity (Wildman–Crippen MR) is 68.2 cm³/mol. The number of benzene rings is 1. The topological polar surface area (TPSA) is 0 Å². The minimum atomic E-state index is 0. The van der Waals surface area contributed by atoms with Crippen molar-refractivity contribution in [3.8, 4) is 0 Å². The molecule has 0 aliphatic carbocycles. The van der Waals surface area contributed by atoms with Crippen molar-refractivity contribution in [1.82, 2.24) is 0 Å². The maximum atomic E-state index is 2.24. The molecule has 0 radical (unpaired) electrons. The molecule has 0 saturated heterocycles. The van der Waals surface area contributed by atoms with Crippen LogP contribution in [0.25, 0.3) is 10.8 Å². The first kappa shape index (κ1) is 17.7. The molecule has 0 N–H and O–H groups in total. The molecule has 0 unspecified atom stereocenters. The van der Waals surface area contributed by atoms with Gasteiger partial charge in [-0.25, -0.2) is 0 Å². The van der Waals surface area contributed by atoms with Crippen LogP contribution < -0.4 is 0 Å². The zero-order chi connectivity index (χ0) is 8.55. The molecule has 3 heteroatoms. The summed E-state index contributed by atoms with van der Waals surface area (Å²) in [5.74, 6) is 0. The molecular weight excluding hydrogens is 306 g/mol. The van der Waals surface area contributed by atoms with Crippen molar-refractivity contribution in [2.45, 2.75) is 20.3 Å². The van der Waals surface area contributed by atoms with Gasteiger partial charge in [-0.15, -0.1) is 65.4 Å². The molecule has 0 bridgehead atoms. The van der Waals surface area contributed by atoms with Crippen LogP contribution in [0.5, 0.6) is 0 Å². The summed E-state index contributed by atoms with van der Waals surface area (Å²) in [6.45, 7) is 4.34. The third-order valence-corrected chi connectivity index (χ3v) is 2.40. The van der Waals surface area contributed by atoms with Gasteiger partial charge in [0.25, 0.3) is 0 Å². The van der Waals surface area contributed by atoms with Gasteiger partial charge in [-0.2, -0.15) is 6.07 Å². The van der Waals surface area contributed by atoms with Gasteiger partial charge in [0.1, 0.15) is 0 Å². The van der Waals surface area contributed by atoms with Gasteiger partial charge in [0, 0.05) is 26.2 Å². The molecule has 2 rings (SSSR count). The van der Waals surface area contributed by atoms with E-state index in [0.29, 0.717) is 0 Å². The van der Waals surface area contributed by atoms with Crippen LogP contribution in [-0.2, 0) is 32.6 Å².